The Bertz CT molecular complexity index is 1480. The highest BCUT2D eigenvalue weighted by Crippen LogP contribution is 2.55. The number of hydrogen-bond donors (Lipinski definition) is 2. The topological polar surface area (TPSA) is 125 Å². The van der Waals surface area contributed by atoms with Gasteiger partial charge in [-0.2, -0.15) is 4.31 Å². The average molecular weight is 624 g/mol. The molecule has 2 amide bonds. The summed E-state index contributed by atoms with van der Waals surface area (Å²) >= 11 is 0. The van der Waals surface area contributed by atoms with Crippen LogP contribution in [0.4, 0.5) is 27.5 Å². The van der Waals surface area contributed by atoms with Crippen LogP contribution in [0.15, 0.2) is 48.5 Å². The second kappa shape index (κ2) is 11.5. The predicted molar refractivity (Wildman–Crippen MR) is 167 cm³/mol. The summed E-state index contributed by atoms with van der Waals surface area (Å²) in [6.07, 6.45) is 5.45. The fraction of sp³-hybridized carbons (Fsp3) is 0.562. The molecule has 2 N–H and O–H groups in total. The van der Waals surface area contributed by atoms with Gasteiger partial charge in [-0.1, -0.05) is 12.1 Å². The Hall–Kier alpha value is -3.35. The number of carbonyl (C=O) groups is 2. The summed E-state index contributed by atoms with van der Waals surface area (Å²) in [5, 5.41) is 21.3. The number of para-hydroxylation sites is 2. The number of urea groups is 1. The molecular weight excluding hydrogens is 582 g/mol. The maximum atomic E-state index is 13.8. The van der Waals surface area contributed by atoms with E-state index in [1.807, 2.05) is 48.5 Å². The highest BCUT2D eigenvalue weighted by molar-refractivity contribution is 7.89. The number of amides is 2. The lowest BCUT2D eigenvalue weighted by Crippen LogP contribution is -2.59. The Morgan fingerprint density at radius 2 is 1.36 bits per heavy atom. The van der Waals surface area contributed by atoms with Crippen molar-refractivity contribution in [2.75, 3.05) is 59.7 Å². The fourth-order valence-corrected chi connectivity index (χ4v) is 10.2. The van der Waals surface area contributed by atoms with E-state index in [1.54, 1.807) is 4.90 Å². The first-order valence-corrected chi connectivity index (χ1v) is 17.5. The molecule has 0 spiro atoms. The number of rotatable bonds is 7. The van der Waals surface area contributed by atoms with Crippen molar-refractivity contribution in [1.82, 2.24) is 9.37 Å². The Kier molecular flexibility index (Phi) is 7.70. The standard InChI is InChI=1S/C32H41N5O6S/c38-30(39)9-16-44(42,43)34-12-10-33(11-13-34)26-5-7-27(8-6-26)35-14-15-36(29-4-2-1-3-28(29)35)32(40)37(41)31-24-18-22-17-23(20-24)21-25(31)19-22/h1-8,22-25,31,41H,9-21H2,(H,38,39). The van der Waals surface area contributed by atoms with Gasteiger partial charge < -0.3 is 14.9 Å². The van der Waals surface area contributed by atoms with Crippen LogP contribution in [-0.2, 0) is 14.8 Å². The van der Waals surface area contributed by atoms with Crippen molar-refractivity contribution in [1.29, 1.82) is 0 Å². The number of piperazine rings is 1. The minimum Gasteiger partial charge on any atom is -0.481 e. The molecule has 5 fully saturated rings. The van der Waals surface area contributed by atoms with Crippen LogP contribution < -0.4 is 14.7 Å². The normalized spacial score (nSPS) is 28.2. The molecule has 6 aliphatic rings. The lowest BCUT2D eigenvalue weighted by atomic mass is 9.54. The van der Waals surface area contributed by atoms with Gasteiger partial charge >= 0.3 is 12.0 Å². The highest BCUT2D eigenvalue weighted by atomic mass is 32.2. The molecule has 12 heteroatoms. The fourth-order valence-electron chi connectivity index (χ4n) is 8.79. The van der Waals surface area contributed by atoms with E-state index >= 15 is 0 Å². The summed E-state index contributed by atoms with van der Waals surface area (Å²) in [4.78, 5) is 30.7. The molecule has 4 bridgehead atoms. The quantitative estimate of drug-likeness (QED) is 0.347. The molecule has 0 aromatic heterocycles. The number of carboxylic acids is 1. The van der Waals surface area contributed by atoms with Gasteiger partial charge in [-0.05, 0) is 92.2 Å². The van der Waals surface area contributed by atoms with Crippen LogP contribution >= 0.6 is 0 Å². The van der Waals surface area contributed by atoms with Crippen molar-refractivity contribution in [2.45, 2.75) is 44.6 Å². The predicted octanol–water partition coefficient (Wildman–Crippen LogP) is 4.21. The smallest absolute Gasteiger partial charge is 0.348 e. The lowest BCUT2D eigenvalue weighted by Gasteiger charge is -2.56. The molecule has 0 atom stereocenters. The van der Waals surface area contributed by atoms with Crippen LogP contribution in [0.3, 0.4) is 0 Å². The van der Waals surface area contributed by atoms with E-state index < -0.39 is 22.4 Å². The molecule has 236 valence electrons. The zero-order chi connectivity index (χ0) is 30.6. The molecule has 11 nitrogen and oxygen atoms in total. The first kappa shape index (κ1) is 29.4. The number of carboxylic acid groups (broad SMARTS) is 1. The molecule has 8 rings (SSSR count). The van der Waals surface area contributed by atoms with Crippen molar-refractivity contribution in [2.24, 2.45) is 23.7 Å². The highest BCUT2D eigenvalue weighted by Gasteiger charge is 2.52. The Morgan fingerprint density at radius 1 is 0.773 bits per heavy atom. The molecule has 2 aliphatic heterocycles. The Morgan fingerprint density at radius 3 is 1.98 bits per heavy atom. The second-order valence-electron chi connectivity index (χ2n) is 13.2. The van der Waals surface area contributed by atoms with Gasteiger partial charge in [-0.25, -0.2) is 18.3 Å². The maximum absolute atomic E-state index is 13.8. The van der Waals surface area contributed by atoms with Gasteiger partial charge in [0.05, 0.1) is 29.6 Å². The summed E-state index contributed by atoms with van der Waals surface area (Å²) in [5.41, 5.74) is 3.68. The summed E-state index contributed by atoms with van der Waals surface area (Å²) in [6.45, 7) is 2.73. The molecule has 2 aromatic carbocycles. The molecule has 0 unspecified atom stereocenters. The average Bonchev–Trinajstić information content (AvgIpc) is 3.02. The van der Waals surface area contributed by atoms with Crippen molar-refractivity contribution < 1.29 is 28.3 Å². The van der Waals surface area contributed by atoms with Gasteiger partial charge in [0.1, 0.15) is 0 Å². The third-order valence-electron chi connectivity index (χ3n) is 10.6. The number of fused-ring (bicyclic) bond motifs is 1. The molecule has 1 saturated heterocycles. The van der Waals surface area contributed by atoms with E-state index in [0.717, 1.165) is 65.3 Å². The molecule has 44 heavy (non-hydrogen) atoms. The van der Waals surface area contributed by atoms with E-state index in [1.165, 1.54) is 10.7 Å². The number of hydroxylamine groups is 2. The number of benzene rings is 2. The number of carbonyl (C=O) groups excluding carboxylic acids is 1. The van der Waals surface area contributed by atoms with Gasteiger partial charge in [-0.15, -0.1) is 0 Å². The summed E-state index contributed by atoms with van der Waals surface area (Å²) in [6, 6.07) is 15.6. The van der Waals surface area contributed by atoms with E-state index in [0.29, 0.717) is 51.1 Å². The van der Waals surface area contributed by atoms with Crippen LogP contribution in [0.2, 0.25) is 0 Å². The van der Waals surface area contributed by atoms with E-state index in [2.05, 4.69) is 9.80 Å². The number of hydrogen-bond acceptors (Lipinski definition) is 7. The molecule has 4 saturated carbocycles. The van der Waals surface area contributed by atoms with E-state index in [-0.39, 0.29) is 17.8 Å². The number of nitrogens with zero attached hydrogens (tertiary/aromatic N) is 5. The van der Waals surface area contributed by atoms with Crippen LogP contribution in [0.5, 0.6) is 0 Å². The van der Waals surface area contributed by atoms with Crippen molar-refractivity contribution >= 4 is 44.8 Å². The van der Waals surface area contributed by atoms with Gasteiger partial charge in [0.2, 0.25) is 10.0 Å². The summed E-state index contributed by atoms with van der Waals surface area (Å²) in [7, 11) is -3.59. The molecule has 2 aromatic rings. The zero-order valence-corrected chi connectivity index (χ0v) is 25.7. The Labute approximate surface area is 258 Å². The van der Waals surface area contributed by atoms with Crippen LogP contribution in [-0.4, -0.2) is 91.2 Å². The van der Waals surface area contributed by atoms with Crippen molar-refractivity contribution in [3.8, 4) is 0 Å². The minimum absolute atomic E-state index is 0.0836. The van der Waals surface area contributed by atoms with Gasteiger partial charge in [0.15, 0.2) is 0 Å². The third-order valence-corrected chi connectivity index (χ3v) is 12.5. The van der Waals surface area contributed by atoms with Crippen LogP contribution in [0.1, 0.15) is 38.5 Å². The van der Waals surface area contributed by atoms with Gasteiger partial charge in [0.25, 0.3) is 0 Å². The SMILES string of the molecule is O=C(O)CCS(=O)(=O)N1CCN(c2ccc(N3CCN(C(=O)N(O)C4C5CC6CC(C5)CC4C6)c4ccccc43)cc2)CC1. The first-order chi connectivity index (χ1) is 21.2. The molecule has 0 radical (unpaired) electrons. The zero-order valence-electron chi connectivity index (χ0n) is 24.9. The summed E-state index contributed by atoms with van der Waals surface area (Å²) in [5.74, 6) is 0.846. The number of anilines is 4. The number of aliphatic carboxylic acids is 1. The second-order valence-corrected chi connectivity index (χ2v) is 15.3. The van der Waals surface area contributed by atoms with E-state index in [9.17, 15) is 23.2 Å². The third kappa shape index (κ3) is 5.41. The van der Waals surface area contributed by atoms with Crippen LogP contribution in [0.25, 0.3) is 0 Å². The van der Waals surface area contributed by atoms with Crippen molar-refractivity contribution in [3.63, 3.8) is 0 Å². The first-order valence-electron chi connectivity index (χ1n) is 15.9. The molecule has 2 heterocycles. The maximum Gasteiger partial charge on any atom is 0.348 e. The number of sulfonamides is 1. The summed E-state index contributed by atoms with van der Waals surface area (Å²) < 4.78 is 26.4. The largest absolute Gasteiger partial charge is 0.481 e. The Balaban J connectivity index is 1.02. The monoisotopic (exact) mass is 623 g/mol. The van der Waals surface area contributed by atoms with Gasteiger partial charge in [-0.3, -0.25) is 14.9 Å². The molecular formula is C32H41N5O6S. The van der Waals surface area contributed by atoms with Crippen LogP contribution in [0, 0.1) is 23.7 Å². The minimum atomic E-state index is -3.59. The van der Waals surface area contributed by atoms with Gasteiger partial charge in [0, 0.05) is 50.6 Å². The van der Waals surface area contributed by atoms with Crippen molar-refractivity contribution in [3.05, 3.63) is 48.5 Å². The van der Waals surface area contributed by atoms with E-state index in [4.69, 9.17) is 5.11 Å². The molecule has 4 aliphatic carbocycles. The lowest BCUT2D eigenvalue weighted by molar-refractivity contribution is -0.160.